The quantitative estimate of drug-likeness (QED) is 0.0146. The zero-order chi connectivity index (χ0) is 95.0. The van der Waals surface area contributed by atoms with E-state index < -0.39 is 91.5 Å². The Labute approximate surface area is 802 Å². The van der Waals surface area contributed by atoms with Crippen molar-refractivity contribution in [3.8, 4) is 0 Å². The van der Waals surface area contributed by atoms with E-state index in [4.69, 9.17) is 32.3 Å². The molecule has 0 aliphatic heterocycles. The van der Waals surface area contributed by atoms with E-state index in [0.29, 0.717) is 19.3 Å². The third-order valence-corrected chi connectivity index (χ3v) is 24.5. The summed E-state index contributed by atoms with van der Waals surface area (Å²) < 4.78 is 61.8. The Morgan fingerprint density at radius 2 is 0.382 bits per heavy atom. The number of aliphatic hydroxyl groups is 2. The van der Waals surface area contributed by atoms with Gasteiger partial charge in [-0.05, 0) is 154 Å². The van der Waals surface area contributed by atoms with Gasteiger partial charge in [0, 0.05) is 19.3 Å². The van der Waals surface area contributed by atoms with Gasteiger partial charge in [-0.3, -0.25) is 32.5 Å². The second kappa shape index (κ2) is 104. The first-order chi connectivity index (χ1) is 64.2. The second-order valence-corrected chi connectivity index (χ2v) is 38.2. The van der Waals surface area contributed by atoms with Crippen LogP contribution in [0.4, 0.5) is 0 Å². The summed E-state index contributed by atoms with van der Waals surface area (Å²) in [4.78, 5) is 59.3. The lowest BCUT2D eigenvalue weighted by molar-refractivity contribution is -0.161. The summed E-state index contributed by atoms with van der Waals surface area (Å²) in [6, 6.07) is 0. The number of allylic oxidation sites excluding steroid dienone is 30. The summed E-state index contributed by atoms with van der Waals surface area (Å²) in [5.74, 6) is -1.56. The Morgan fingerprint density at radius 3 is 0.603 bits per heavy atom. The maximum Gasteiger partial charge on any atom is 0.472 e. The lowest BCUT2D eigenvalue weighted by Crippen LogP contribution is -2.30. The maximum absolute atomic E-state index is 13.1. The zero-order valence-electron chi connectivity index (χ0n) is 83.5. The summed E-state index contributed by atoms with van der Waals surface area (Å²) in [5, 5.41) is 20.8. The molecule has 0 aromatic heterocycles. The van der Waals surface area contributed by atoms with E-state index in [0.717, 1.165) is 167 Å². The van der Waals surface area contributed by atoms with Gasteiger partial charge < -0.3 is 34.2 Å². The fourth-order valence-corrected chi connectivity index (χ4v) is 16.3. The Kier molecular flexibility index (Phi) is 99.3. The highest BCUT2D eigenvalue weighted by Crippen LogP contribution is 2.45. The third-order valence-electron chi connectivity index (χ3n) is 22.6. The van der Waals surface area contributed by atoms with Gasteiger partial charge in [0.2, 0.25) is 0 Å². The summed E-state index contributed by atoms with van der Waals surface area (Å²) in [5.41, 5.74) is 0. The van der Waals surface area contributed by atoms with Crippen molar-refractivity contribution in [2.45, 2.75) is 476 Å². The smallest absolute Gasteiger partial charge is 0.463 e. The predicted octanol–water partition coefficient (Wildman–Crippen LogP) is 33.9. The number of esters is 3. The molecular formula is C113H194O16P2. The van der Waals surface area contributed by atoms with E-state index >= 15 is 0 Å². The standard InChI is InChI=1S/C113H194O16P2/c1-4-7-10-13-16-19-22-25-28-31-34-37-40-43-45-47-49-51-53-55-57-59-61-64-66-69-72-75-78-81-84-87-90-93-96-99-111(116)123-102-108(114)103-125-130(119,120)126-104-109(115)105-127-131(121,122)128-107-110(129-113(118)101-98-95-92-89-86-83-80-77-74-71-68-63-42-39-36-33-30-27-24-21-18-15-12-9-6-3)106-124-112(117)100-97-94-91-88-85-82-79-76-73-70-67-65-62-60-58-56-54-52-50-48-46-44-41-38-35-32-29-26-23-20-17-14-11-8-5-2/h7-12,16-21,25-30,34-39,43-46,63,68,108-110,114-115H,4-6,13-15,22-24,31-33,40-42,47-62,64-67,69-107H2,1-3H3,(H,119,120)(H,121,122)/b10-7-,11-8-,12-9-,19-16-,20-17-,21-18-,28-25-,29-26-,30-27-,37-34-,38-35-,39-36-,45-43-,46-44-,68-63-. The van der Waals surface area contributed by atoms with Crippen LogP contribution in [0.15, 0.2) is 182 Å². The number of ether oxygens (including phenoxy) is 3. The first-order valence-corrected chi connectivity index (χ1v) is 56.1. The third kappa shape index (κ3) is 105. The van der Waals surface area contributed by atoms with Crippen molar-refractivity contribution in [3.63, 3.8) is 0 Å². The van der Waals surface area contributed by atoms with Gasteiger partial charge in [-0.15, -0.1) is 0 Å². The van der Waals surface area contributed by atoms with Crippen LogP contribution in [-0.2, 0) is 55.8 Å². The van der Waals surface area contributed by atoms with E-state index in [9.17, 15) is 43.5 Å². The molecule has 0 radical (unpaired) electrons. The molecule has 0 aliphatic rings. The van der Waals surface area contributed by atoms with Gasteiger partial charge in [0.25, 0.3) is 0 Å². The van der Waals surface area contributed by atoms with Gasteiger partial charge in [0.15, 0.2) is 6.10 Å². The number of hydrogen-bond acceptors (Lipinski definition) is 14. The molecule has 0 saturated carbocycles. The van der Waals surface area contributed by atoms with Gasteiger partial charge >= 0.3 is 33.6 Å². The summed E-state index contributed by atoms with van der Waals surface area (Å²) in [7, 11) is -9.82. The molecule has 0 aromatic rings. The van der Waals surface area contributed by atoms with Gasteiger partial charge in [0.1, 0.15) is 25.4 Å². The van der Waals surface area contributed by atoms with Crippen molar-refractivity contribution in [2.24, 2.45) is 0 Å². The molecule has 0 rings (SSSR count). The molecule has 0 bridgehead atoms. The Balaban J connectivity index is 4.55. The van der Waals surface area contributed by atoms with Crippen molar-refractivity contribution in [2.75, 3.05) is 39.6 Å². The lowest BCUT2D eigenvalue weighted by atomic mass is 10.0. The van der Waals surface area contributed by atoms with Gasteiger partial charge in [0.05, 0.1) is 26.4 Å². The van der Waals surface area contributed by atoms with E-state index in [-0.39, 0.29) is 19.3 Å². The second-order valence-electron chi connectivity index (χ2n) is 35.3. The number of phosphoric ester groups is 2. The van der Waals surface area contributed by atoms with E-state index in [1.54, 1.807) is 0 Å². The van der Waals surface area contributed by atoms with Crippen molar-refractivity contribution >= 4 is 33.6 Å². The largest absolute Gasteiger partial charge is 0.472 e. The normalized spacial score (nSPS) is 14.3. The predicted molar refractivity (Wildman–Crippen MR) is 555 cm³/mol. The molecule has 16 nitrogen and oxygen atoms in total. The molecule has 5 unspecified atom stereocenters. The molecule has 0 fully saturated rings. The summed E-state index contributed by atoms with van der Waals surface area (Å²) >= 11 is 0. The lowest BCUT2D eigenvalue weighted by Gasteiger charge is -2.21. The maximum atomic E-state index is 13.1. The molecule has 18 heteroatoms. The highest BCUT2D eigenvalue weighted by atomic mass is 31.2. The molecular weight excluding hydrogens is 1680 g/mol. The number of carbonyl (C=O) groups is 3. The molecule has 131 heavy (non-hydrogen) atoms. The first-order valence-electron chi connectivity index (χ1n) is 53.1. The molecule has 0 saturated heterocycles. The van der Waals surface area contributed by atoms with Crippen molar-refractivity contribution in [1.82, 2.24) is 0 Å². The molecule has 752 valence electrons. The average Bonchev–Trinajstić information content (AvgIpc) is 0.898. The number of aliphatic hydroxyl groups excluding tert-OH is 2. The van der Waals surface area contributed by atoms with E-state index in [1.807, 2.05) is 0 Å². The van der Waals surface area contributed by atoms with Crippen molar-refractivity contribution in [3.05, 3.63) is 182 Å². The highest BCUT2D eigenvalue weighted by Gasteiger charge is 2.30. The molecule has 0 amide bonds. The molecule has 0 aliphatic carbocycles. The minimum absolute atomic E-state index is 0.0949. The number of phosphoric acid groups is 2. The van der Waals surface area contributed by atoms with Gasteiger partial charge in [-0.25, -0.2) is 9.13 Å². The van der Waals surface area contributed by atoms with Crippen LogP contribution in [0, 0.1) is 0 Å². The molecule has 0 spiro atoms. The van der Waals surface area contributed by atoms with Crippen LogP contribution in [0.25, 0.3) is 0 Å². The zero-order valence-corrected chi connectivity index (χ0v) is 85.2. The SMILES string of the molecule is CC/C=C\C/C=C\C/C=C\C/C=C\C/C=C\CCCCCCCCCCCCCCCCCCCCCC(=O)OCC(O)COP(=O)(O)OCC(O)COP(=O)(O)OCC(COC(=O)CCCCCCCCCCCCCCCCCCCCC/C=C\C/C=C\C/C=C\C/C=C\C/C=C\CC)OC(=O)CCCCCCCCCCC/C=C\C/C=C\C/C=C\C/C=C\C/C=C\CC. The molecule has 0 heterocycles. The number of unbranched alkanes of at least 4 members (excludes halogenated alkanes) is 47. The summed E-state index contributed by atoms with van der Waals surface area (Å²) in [6.45, 7) is 2.42. The van der Waals surface area contributed by atoms with Crippen molar-refractivity contribution in [1.29, 1.82) is 0 Å². The van der Waals surface area contributed by atoms with Crippen LogP contribution in [0.1, 0.15) is 457 Å². The molecule has 0 aromatic carbocycles. The van der Waals surface area contributed by atoms with Crippen molar-refractivity contribution < 1.29 is 75.8 Å². The fraction of sp³-hybridized carbons (Fsp3) is 0.708. The number of carbonyl (C=O) groups excluding carboxylic acids is 3. The monoisotopic (exact) mass is 1870 g/mol. The number of hydrogen-bond donors (Lipinski definition) is 4. The minimum atomic E-state index is -4.95. The van der Waals surface area contributed by atoms with Gasteiger partial charge in [-0.1, -0.05) is 466 Å². The average molecular weight is 1870 g/mol. The van der Waals surface area contributed by atoms with Crippen LogP contribution >= 0.6 is 15.6 Å². The Bertz CT molecular complexity index is 3110. The first kappa shape index (κ1) is 126. The summed E-state index contributed by atoms with van der Waals surface area (Å²) in [6.07, 6.45) is 138. The fourth-order valence-electron chi connectivity index (χ4n) is 14.7. The van der Waals surface area contributed by atoms with Crippen LogP contribution in [0.5, 0.6) is 0 Å². The topological polar surface area (TPSA) is 231 Å². The molecule has 5 atom stereocenters. The van der Waals surface area contributed by atoms with Crippen LogP contribution in [0.2, 0.25) is 0 Å². The Morgan fingerprint density at radius 1 is 0.214 bits per heavy atom. The molecule has 4 N–H and O–H groups in total. The van der Waals surface area contributed by atoms with Gasteiger partial charge in [-0.2, -0.15) is 0 Å². The number of rotatable bonds is 100. The van der Waals surface area contributed by atoms with E-state index in [2.05, 4.69) is 203 Å². The van der Waals surface area contributed by atoms with Crippen LogP contribution < -0.4 is 0 Å². The van der Waals surface area contributed by atoms with Crippen LogP contribution in [-0.4, -0.2) is 95.9 Å². The highest BCUT2D eigenvalue weighted by molar-refractivity contribution is 7.47. The van der Waals surface area contributed by atoms with Crippen LogP contribution in [0.3, 0.4) is 0 Å². The minimum Gasteiger partial charge on any atom is -0.463 e. The van der Waals surface area contributed by atoms with E-state index in [1.165, 1.54) is 231 Å². The Hall–Kier alpha value is -5.35.